The molecule has 0 atom stereocenters. The minimum atomic E-state index is -6.12. The van der Waals surface area contributed by atoms with Gasteiger partial charge in [-0.3, -0.25) is 0 Å². The fourth-order valence-electron chi connectivity index (χ4n) is 4.95. The van der Waals surface area contributed by atoms with Crippen molar-refractivity contribution in [2.45, 2.75) is 24.7 Å². The first kappa shape index (κ1) is 37.9. The summed E-state index contributed by atoms with van der Waals surface area (Å²) in [6.45, 7) is 3.60. The maximum Gasteiger partial charge on any atom is 0.527 e. The standard InChI is InChI=1S/C34H15F15O3/c1-2-15-3-6-20-16(9-15)4-7-21(30(20)40)17-5-8-22(23(35)10-17)31(41,42)50-18-11-24(36)28(25(37)12-18)32(43,44)51-19-13-26(38)29(27(39)14-19)33(45,46)52-34(47,48)49/h2-14H,1H2. The van der Waals surface area contributed by atoms with Gasteiger partial charge in [-0.15, -0.1) is 13.2 Å². The Kier molecular flexibility index (Phi) is 9.68. The van der Waals surface area contributed by atoms with E-state index in [1.54, 1.807) is 12.1 Å². The molecule has 0 saturated carbocycles. The van der Waals surface area contributed by atoms with Crippen LogP contribution in [0, 0.1) is 34.9 Å². The van der Waals surface area contributed by atoms with Crippen LogP contribution in [-0.4, -0.2) is 6.36 Å². The molecule has 0 amide bonds. The monoisotopic (exact) mass is 756 g/mol. The predicted octanol–water partition coefficient (Wildman–Crippen LogP) is 11.8. The average Bonchev–Trinajstić information content (AvgIpc) is 2.98. The molecule has 0 fully saturated rings. The van der Waals surface area contributed by atoms with E-state index in [0.29, 0.717) is 23.1 Å². The molecule has 52 heavy (non-hydrogen) atoms. The van der Waals surface area contributed by atoms with Gasteiger partial charge in [-0.25, -0.2) is 31.1 Å². The van der Waals surface area contributed by atoms with Crippen molar-refractivity contribution in [1.29, 1.82) is 0 Å². The highest BCUT2D eigenvalue weighted by atomic mass is 19.4. The Morgan fingerprint density at radius 3 is 1.54 bits per heavy atom. The molecule has 3 nitrogen and oxygen atoms in total. The Hall–Kier alpha value is -5.39. The van der Waals surface area contributed by atoms with E-state index in [1.807, 2.05) is 0 Å². The Bertz CT molecular complexity index is 2150. The molecule has 0 saturated heterocycles. The summed E-state index contributed by atoms with van der Waals surface area (Å²) in [6.07, 6.45) is -20.4. The molecule has 0 N–H and O–H groups in total. The summed E-state index contributed by atoms with van der Waals surface area (Å²) >= 11 is 0. The minimum Gasteiger partial charge on any atom is -0.429 e. The molecule has 0 aliphatic rings. The second-order valence-electron chi connectivity index (χ2n) is 10.6. The zero-order valence-electron chi connectivity index (χ0n) is 25.1. The summed E-state index contributed by atoms with van der Waals surface area (Å²) in [7, 11) is 0. The third-order valence-corrected chi connectivity index (χ3v) is 7.16. The molecule has 0 spiro atoms. The highest BCUT2D eigenvalue weighted by molar-refractivity contribution is 5.89. The number of halogens is 15. The van der Waals surface area contributed by atoms with Gasteiger partial charge >= 0.3 is 24.7 Å². The topological polar surface area (TPSA) is 27.7 Å². The van der Waals surface area contributed by atoms with Gasteiger partial charge < -0.3 is 9.47 Å². The molecular formula is C34H15F15O3. The van der Waals surface area contributed by atoms with Gasteiger partial charge in [-0.2, -0.15) is 26.3 Å². The average molecular weight is 756 g/mol. The number of fused-ring (bicyclic) bond motifs is 1. The highest BCUT2D eigenvalue weighted by Gasteiger charge is 2.50. The van der Waals surface area contributed by atoms with Crippen LogP contribution in [0.15, 0.2) is 79.4 Å². The van der Waals surface area contributed by atoms with E-state index in [1.165, 1.54) is 24.3 Å². The molecule has 0 radical (unpaired) electrons. The molecule has 5 aromatic carbocycles. The van der Waals surface area contributed by atoms with Crippen LogP contribution in [0.1, 0.15) is 22.3 Å². The second-order valence-corrected chi connectivity index (χ2v) is 10.6. The van der Waals surface area contributed by atoms with E-state index in [0.717, 1.165) is 6.07 Å². The first-order valence-corrected chi connectivity index (χ1v) is 14.0. The Balaban J connectivity index is 1.38. The van der Waals surface area contributed by atoms with Crippen LogP contribution in [0.5, 0.6) is 11.5 Å². The molecule has 18 heteroatoms. The lowest BCUT2D eigenvalue weighted by molar-refractivity contribution is -0.432. The Morgan fingerprint density at radius 2 is 1.04 bits per heavy atom. The molecule has 274 valence electrons. The van der Waals surface area contributed by atoms with E-state index in [4.69, 9.17) is 0 Å². The zero-order valence-corrected chi connectivity index (χ0v) is 25.1. The van der Waals surface area contributed by atoms with Gasteiger partial charge in [0.2, 0.25) is 0 Å². The summed E-state index contributed by atoms with van der Waals surface area (Å²) in [5.74, 6) is -15.8. The van der Waals surface area contributed by atoms with Crippen LogP contribution >= 0.6 is 0 Å². The van der Waals surface area contributed by atoms with Crippen LogP contribution < -0.4 is 9.47 Å². The molecular weight excluding hydrogens is 741 g/mol. The van der Waals surface area contributed by atoms with Crippen molar-refractivity contribution in [3.8, 4) is 22.6 Å². The largest absolute Gasteiger partial charge is 0.527 e. The summed E-state index contributed by atoms with van der Waals surface area (Å²) in [5, 5.41) is 0.565. The fraction of sp³-hybridized carbons (Fsp3) is 0.118. The number of hydrogen-bond acceptors (Lipinski definition) is 3. The van der Waals surface area contributed by atoms with Crippen LogP contribution in [0.3, 0.4) is 0 Å². The van der Waals surface area contributed by atoms with Gasteiger partial charge in [0, 0.05) is 35.2 Å². The summed E-state index contributed by atoms with van der Waals surface area (Å²) in [5.41, 5.74) is -6.34. The molecule has 0 unspecified atom stereocenters. The number of hydrogen-bond donors (Lipinski definition) is 0. The summed E-state index contributed by atoms with van der Waals surface area (Å²) < 4.78 is 222. The molecule has 0 aromatic heterocycles. The quantitative estimate of drug-likeness (QED) is 0.133. The van der Waals surface area contributed by atoms with Crippen LogP contribution in [0.25, 0.3) is 28.0 Å². The van der Waals surface area contributed by atoms with Gasteiger partial charge in [0.15, 0.2) is 0 Å². The van der Waals surface area contributed by atoms with E-state index >= 15 is 13.2 Å². The lowest BCUT2D eigenvalue weighted by Gasteiger charge is -2.23. The molecule has 0 bridgehead atoms. The van der Waals surface area contributed by atoms with Crippen LogP contribution in [0.4, 0.5) is 65.9 Å². The molecule has 0 aliphatic carbocycles. The van der Waals surface area contributed by atoms with E-state index in [2.05, 4.69) is 20.8 Å². The predicted molar refractivity (Wildman–Crippen MR) is 152 cm³/mol. The fourth-order valence-corrected chi connectivity index (χ4v) is 4.95. The molecule has 0 heterocycles. The van der Waals surface area contributed by atoms with Gasteiger partial charge in [0.1, 0.15) is 57.5 Å². The van der Waals surface area contributed by atoms with Crippen molar-refractivity contribution < 1.29 is 80.1 Å². The zero-order chi connectivity index (χ0) is 38.6. The van der Waals surface area contributed by atoms with Crippen molar-refractivity contribution in [2.75, 3.05) is 0 Å². The van der Waals surface area contributed by atoms with Crippen molar-refractivity contribution in [3.05, 3.63) is 137 Å². The molecule has 5 rings (SSSR count). The van der Waals surface area contributed by atoms with Crippen LogP contribution in [-0.2, 0) is 23.1 Å². The minimum absolute atomic E-state index is 0.113. The van der Waals surface area contributed by atoms with Gasteiger partial charge in [-0.1, -0.05) is 43.0 Å². The van der Waals surface area contributed by atoms with Crippen molar-refractivity contribution >= 4 is 16.8 Å². The van der Waals surface area contributed by atoms with Crippen molar-refractivity contribution in [2.24, 2.45) is 0 Å². The number of benzene rings is 5. The summed E-state index contributed by atoms with van der Waals surface area (Å²) in [4.78, 5) is 0. The second kappa shape index (κ2) is 13.3. The van der Waals surface area contributed by atoms with Gasteiger partial charge in [0.05, 0.1) is 5.56 Å². The Morgan fingerprint density at radius 1 is 0.519 bits per heavy atom. The Labute approximate surface area is 281 Å². The van der Waals surface area contributed by atoms with Gasteiger partial charge in [-0.05, 0) is 34.7 Å². The lowest BCUT2D eigenvalue weighted by Crippen LogP contribution is -2.30. The number of rotatable bonds is 10. The summed E-state index contributed by atoms with van der Waals surface area (Å²) in [6, 6.07) is 7.73. The van der Waals surface area contributed by atoms with Crippen molar-refractivity contribution in [3.63, 3.8) is 0 Å². The third-order valence-electron chi connectivity index (χ3n) is 7.16. The van der Waals surface area contributed by atoms with E-state index in [-0.39, 0.29) is 28.6 Å². The first-order valence-electron chi connectivity index (χ1n) is 14.0. The lowest BCUT2D eigenvalue weighted by atomic mass is 9.98. The third kappa shape index (κ3) is 7.61. The first-order chi connectivity index (χ1) is 24.0. The van der Waals surface area contributed by atoms with Gasteiger partial charge in [0.25, 0.3) is 0 Å². The smallest absolute Gasteiger partial charge is 0.429 e. The molecule has 5 aromatic rings. The maximum absolute atomic E-state index is 15.2. The van der Waals surface area contributed by atoms with E-state index in [9.17, 15) is 52.7 Å². The number of ether oxygens (including phenoxy) is 3. The highest BCUT2D eigenvalue weighted by Crippen LogP contribution is 2.43. The van der Waals surface area contributed by atoms with Crippen molar-refractivity contribution in [1.82, 2.24) is 0 Å². The maximum atomic E-state index is 15.2. The SMILES string of the molecule is C=Cc1ccc2c(F)c(-c3ccc(C(F)(F)Oc4cc(F)c(C(F)(F)Oc5cc(F)c(C(F)(F)OC(F)(F)F)c(F)c5)c(F)c4)c(F)c3)ccc2c1. The number of alkyl halides is 9. The molecule has 0 aliphatic heterocycles. The van der Waals surface area contributed by atoms with Crippen LogP contribution in [0.2, 0.25) is 0 Å². The normalized spacial score (nSPS) is 12.7. The van der Waals surface area contributed by atoms with E-state index < -0.39 is 99.9 Å².